The number of benzene rings is 2. The van der Waals surface area contributed by atoms with E-state index in [-0.39, 0.29) is 29.2 Å². The van der Waals surface area contributed by atoms with Crippen LogP contribution in [0.1, 0.15) is 39.2 Å². The van der Waals surface area contributed by atoms with Crippen LogP contribution in [0.4, 0.5) is 10.1 Å². The van der Waals surface area contributed by atoms with E-state index in [1.165, 1.54) is 54.5 Å². The molecule has 0 saturated carbocycles. The molecule has 2 rings (SSSR count). The number of sulfonamides is 1. The van der Waals surface area contributed by atoms with Crippen molar-refractivity contribution in [3.05, 3.63) is 58.9 Å². The largest absolute Gasteiger partial charge is 0.495 e. The van der Waals surface area contributed by atoms with Gasteiger partial charge >= 0.3 is 0 Å². The summed E-state index contributed by atoms with van der Waals surface area (Å²) in [5, 5.41) is 3.07. The van der Waals surface area contributed by atoms with E-state index in [9.17, 15) is 22.4 Å². The molecule has 0 aromatic heterocycles. The highest BCUT2D eigenvalue weighted by Crippen LogP contribution is 2.30. The monoisotopic (exact) mass is 541 g/mol. The number of nitrogens with zero attached hydrogens (tertiary/aromatic N) is 2. The zero-order chi connectivity index (χ0) is 27.0. The number of halogens is 2. The summed E-state index contributed by atoms with van der Waals surface area (Å²) in [6.45, 7) is 4.98. The van der Waals surface area contributed by atoms with Crippen LogP contribution < -0.4 is 14.4 Å². The fraction of sp³-hybridized carbons (Fsp3) is 0.440. The van der Waals surface area contributed by atoms with Gasteiger partial charge in [0.05, 0.1) is 24.1 Å². The fourth-order valence-electron chi connectivity index (χ4n) is 3.57. The number of hydrogen-bond donors (Lipinski definition) is 1. The highest BCUT2D eigenvalue weighted by molar-refractivity contribution is 7.92. The number of carbonyl (C=O) groups excluding carboxylic acids is 2. The Kier molecular flexibility index (Phi) is 10.5. The Hall–Kier alpha value is -2.85. The molecule has 0 aliphatic carbocycles. The lowest BCUT2D eigenvalue weighted by Gasteiger charge is -2.33. The Morgan fingerprint density at radius 3 is 2.25 bits per heavy atom. The van der Waals surface area contributed by atoms with Gasteiger partial charge in [0.25, 0.3) is 0 Å². The third-order valence-electron chi connectivity index (χ3n) is 5.76. The van der Waals surface area contributed by atoms with E-state index in [4.69, 9.17) is 16.3 Å². The second-order valence-electron chi connectivity index (χ2n) is 8.48. The van der Waals surface area contributed by atoms with E-state index in [0.29, 0.717) is 24.2 Å². The van der Waals surface area contributed by atoms with Gasteiger partial charge in [-0.05, 0) is 55.7 Å². The molecule has 0 bridgehead atoms. The number of methoxy groups -OCH3 is 1. The van der Waals surface area contributed by atoms with Crippen LogP contribution in [0.5, 0.6) is 5.75 Å². The van der Waals surface area contributed by atoms with Crippen molar-refractivity contribution in [3.63, 3.8) is 0 Å². The molecule has 0 heterocycles. The van der Waals surface area contributed by atoms with Crippen molar-refractivity contribution < 1.29 is 27.1 Å². The fourth-order valence-corrected chi connectivity index (χ4v) is 4.66. The predicted octanol–water partition coefficient (Wildman–Crippen LogP) is 3.98. The topological polar surface area (TPSA) is 96.0 Å². The van der Waals surface area contributed by atoms with E-state index in [2.05, 4.69) is 5.32 Å². The molecule has 2 unspecified atom stereocenters. The van der Waals surface area contributed by atoms with Crippen LogP contribution >= 0.6 is 11.6 Å². The summed E-state index contributed by atoms with van der Waals surface area (Å²) in [5.74, 6) is -1.02. The van der Waals surface area contributed by atoms with Crippen LogP contribution in [0.15, 0.2) is 42.5 Å². The molecule has 2 aromatic rings. The second kappa shape index (κ2) is 12.9. The van der Waals surface area contributed by atoms with Crippen LogP contribution in [0, 0.1) is 5.82 Å². The molecule has 2 amide bonds. The third-order valence-corrected chi connectivity index (χ3v) is 7.19. The molecule has 0 spiro atoms. The maximum absolute atomic E-state index is 13.6. The second-order valence-corrected chi connectivity index (χ2v) is 10.8. The van der Waals surface area contributed by atoms with E-state index in [1.807, 2.05) is 13.8 Å². The first-order valence-corrected chi connectivity index (χ1v) is 13.8. The van der Waals surface area contributed by atoms with Crippen LogP contribution in [-0.2, 0) is 26.2 Å². The van der Waals surface area contributed by atoms with Gasteiger partial charge in [0, 0.05) is 12.6 Å². The van der Waals surface area contributed by atoms with Gasteiger partial charge in [-0.2, -0.15) is 0 Å². The van der Waals surface area contributed by atoms with Crippen LogP contribution in [-0.4, -0.2) is 57.1 Å². The maximum Gasteiger partial charge on any atom is 0.244 e. The zero-order valence-corrected chi connectivity index (χ0v) is 22.7. The summed E-state index contributed by atoms with van der Waals surface area (Å²) in [6.07, 6.45) is 1.98. The molecule has 1 N–H and O–H groups in total. The molecule has 2 aromatic carbocycles. The molecule has 36 heavy (non-hydrogen) atoms. The minimum atomic E-state index is -3.90. The molecule has 8 nitrogen and oxygen atoms in total. The Labute approximate surface area is 217 Å². The van der Waals surface area contributed by atoms with Crippen LogP contribution in [0.2, 0.25) is 5.02 Å². The van der Waals surface area contributed by atoms with Crippen molar-refractivity contribution in [2.45, 2.75) is 52.2 Å². The molecule has 198 valence electrons. The molecule has 0 aliphatic heterocycles. The van der Waals surface area contributed by atoms with Crippen molar-refractivity contribution in [2.24, 2.45) is 0 Å². The normalized spacial score (nSPS) is 13.0. The zero-order valence-electron chi connectivity index (χ0n) is 21.1. The number of rotatable bonds is 12. The van der Waals surface area contributed by atoms with Gasteiger partial charge in [0.1, 0.15) is 24.2 Å². The average Bonchev–Trinajstić information content (AvgIpc) is 2.82. The van der Waals surface area contributed by atoms with Crippen molar-refractivity contribution >= 4 is 39.1 Å². The summed E-state index contributed by atoms with van der Waals surface area (Å²) in [6, 6.07) is 8.98. The number of anilines is 1. The summed E-state index contributed by atoms with van der Waals surface area (Å²) < 4.78 is 44.9. The van der Waals surface area contributed by atoms with Crippen molar-refractivity contribution in [3.8, 4) is 5.75 Å². The molecule has 2 atom stereocenters. The first-order chi connectivity index (χ1) is 16.9. The minimum Gasteiger partial charge on any atom is -0.495 e. The van der Waals surface area contributed by atoms with Crippen molar-refractivity contribution in [1.82, 2.24) is 10.2 Å². The van der Waals surface area contributed by atoms with Gasteiger partial charge in [0.15, 0.2) is 0 Å². The summed E-state index contributed by atoms with van der Waals surface area (Å²) in [5.41, 5.74) is 0.772. The number of nitrogens with one attached hydrogen (secondary N) is 1. The van der Waals surface area contributed by atoms with Crippen molar-refractivity contribution in [2.75, 3.05) is 24.2 Å². The summed E-state index contributed by atoms with van der Waals surface area (Å²) >= 11 is 6.19. The smallest absolute Gasteiger partial charge is 0.244 e. The lowest BCUT2D eigenvalue weighted by molar-refractivity contribution is -0.140. The van der Waals surface area contributed by atoms with E-state index >= 15 is 0 Å². The van der Waals surface area contributed by atoms with Crippen LogP contribution in [0.25, 0.3) is 0 Å². The molecular formula is C25H33ClFN3O5S. The molecule has 11 heteroatoms. The Balaban J connectivity index is 2.45. The third kappa shape index (κ3) is 7.83. The Morgan fingerprint density at radius 1 is 1.11 bits per heavy atom. The summed E-state index contributed by atoms with van der Waals surface area (Å²) in [4.78, 5) is 28.0. The molecule has 0 fully saturated rings. The highest BCUT2D eigenvalue weighted by Gasteiger charge is 2.32. The van der Waals surface area contributed by atoms with Gasteiger partial charge in [-0.15, -0.1) is 0 Å². The predicted molar refractivity (Wildman–Crippen MR) is 139 cm³/mol. The number of ether oxygens (including phenoxy) is 1. The van der Waals surface area contributed by atoms with Gasteiger partial charge in [-0.3, -0.25) is 13.9 Å². The van der Waals surface area contributed by atoms with Gasteiger partial charge in [-0.25, -0.2) is 12.8 Å². The first-order valence-electron chi connectivity index (χ1n) is 11.6. The van der Waals surface area contributed by atoms with E-state index in [0.717, 1.165) is 10.6 Å². The lowest BCUT2D eigenvalue weighted by Crippen LogP contribution is -2.53. The highest BCUT2D eigenvalue weighted by atomic mass is 35.5. The molecule has 0 aliphatic rings. The number of hydrogen-bond acceptors (Lipinski definition) is 5. The average molecular weight is 542 g/mol. The summed E-state index contributed by atoms with van der Waals surface area (Å²) in [7, 11) is -2.47. The quantitative estimate of drug-likeness (QED) is 0.438. The maximum atomic E-state index is 13.6. The first kappa shape index (κ1) is 29.4. The minimum absolute atomic E-state index is 0.00742. The lowest BCUT2D eigenvalue weighted by atomic mass is 10.1. The van der Waals surface area contributed by atoms with E-state index < -0.39 is 34.3 Å². The van der Waals surface area contributed by atoms with Gasteiger partial charge in [0.2, 0.25) is 21.8 Å². The Morgan fingerprint density at radius 2 is 1.75 bits per heavy atom. The standard InChI is InChI=1S/C25H33ClFN3O5S/c1-6-17(3)28-25(32)22(7-2)29(15-18-8-10-19(27)11-9-18)24(31)16-30(36(5,33)34)20-12-13-23(35-4)21(26)14-20/h8-14,17,22H,6-7,15-16H2,1-5H3,(H,28,32). The molecule has 0 saturated heterocycles. The van der Waals surface area contributed by atoms with Gasteiger partial charge < -0.3 is 15.0 Å². The number of carbonyl (C=O) groups is 2. The number of amides is 2. The van der Waals surface area contributed by atoms with E-state index in [1.54, 1.807) is 6.92 Å². The molecule has 0 radical (unpaired) electrons. The van der Waals surface area contributed by atoms with Gasteiger partial charge in [-0.1, -0.05) is 37.6 Å². The van der Waals surface area contributed by atoms with Crippen LogP contribution in [0.3, 0.4) is 0 Å². The SMILES string of the molecule is CCC(C)NC(=O)C(CC)N(Cc1ccc(F)cc1)C(=O)CN(c1ccc(OC)c(Cl)c1)S(C)(=O)=O. The van der Waals surface area contributed by atoms with Crippen molar-refractivity contribution in [1.29, 1.82) is 0 Å². The molecular weight excluding hydrogens is 509 g/mol. The Bertz CT molecular complexity index is 1160.